The van der Waals surface area contributed by atoms with Gasteiger partial charge in [-0.05, 0) is 6.42 Å². The molecule has 0 spiro atoms. The lowest BCUT2D eigenvalue weighted by atomic mass is 10.1. The summed E-state index contributed by atoms with van der Waals surface area (Å²) < 4.78 is 4.97. The minimum Gasteiger partial charge on any atom is -0.481 e. The summed E-state index contributed by atoms with van der Waals surface area (Å²) in [5, 5.41) is 0. The first-order valence-electron chi connectivity index (χ1n) is 5.63. The topological polar surface area (TPSA) is 52.1 Å². The quantitative estimate of drug-likeness (QED) is 0.663. The number of carbonyl (C=O) groups is 1. The number of hydrogen-bond donors (Lipinski definition) is 0. The molecule has 0 unspecified atom stereocenters. The first-order chi connectivity index (χ1) is 7.76. The highest BCUT2D eigenvalue weighted by molar-refractivity contribution is 5.80. The number of nitrogens with zero attached hydrogens (tertiary/aromatic N) is 2. The standard InChI is InChI=1S/C12H18N2O2/c1-3-4-5-6-11(15)7-10-8-12(16-2)14-9-13-10/h8-9H,3-7H2,1-2H3. The highest BCUT2D eigenvalue weighted by Gasteiger charge is 2.05. The molecule has 0 saturated heterocycles. The average molecular weight is 222 g/mol. The summed E-state index contributed by atoms with van der Waals surface area (Å²) >= 11 is 0. The van der Waals surface area contributed by atoms with E-state index in [1.165, 1.54) is 6.33 Å². The van der Waals surface area contributed by atoms with Crippen LogP contribution in [0, 0.1) is 0 Å². The van der Waals surface area contributed by atoms with Crippen LogP contribution in [0.15, 0.2) is 12.4 Å². The normalized spacial score (nSPS) is 10.1. The van der Waals surface area contributed by atoms with Crippen molar-refractivity contribution in [1.29, 1.82) is 0 Å². The van der Waals surface area contributed by atoms with E-state index in [2.05, 4.69) is 16.9 Å². The molecular weight excluding hydrogens is 204 g/mol. The van der Waals surface area contributed by atoms with E-state index < -0.39 is 0 Å². The van der Waals surface area contributed by atoms with Crippen LogP contribution in [0.1, 0.15) is 38.3 Å². The number of Topliss-reactive ketones (excluding diaryl/α,β-unsaturated/α-hetero) is 1. The molecule has 1 rings (SSSR count). The van der Waals surface area contributed by atoms with Crippen LogP contribution in [-0.4, -0.2) is 22.9 Å². The molecule has 4 nitrogen and oxygen atoms in total. The number of ketones is 1. The molecule has 0 saturated carbocycles. The van der Waals surface area contributed by atoms with Gasteiger partial charge in [0.05, 0.1) is 12.8 Å². The first kappa shape index (κ1) is 12.6. The lowest BCUT2D eigenvalue weighted by molar-refractivity contribution is -0.118. The number of hydrogen-bond acceptors (Lipinski definition) is 4. The third kappa shape index (κ3) is 4.38. The van der Waals surface area contributed by atoms with Crippen LogP contribution >= 0.6 is 0 Å². The predicted octanol–water partition coefficient (Wildman–Crippen LogP) is 2.18. The summed E-state index contributed by atoms with van der Waals surface area (Å²) in [6, 6.07) is 1.71. The van der Waals surface area contributed by atoms with Gasteiger partial charge in [0.1, 0.15) is 12.1 Å². The molecule has 0 aliphatic rings. The van der Waals surface area contributed by atoms with Gasteiger partial charge in [-0.25, -0.2) is 9.97 Å². The zero-order valence-electron chi connectivity index (χ0n) is 9.90. The zero-order valence-corrected chi connectivity index (χ0v) is 9.90. The monoisotopic (exact) mass is 222 g/mol. The van der Waals surface area contributed by atoms with Gasteiger partial charge in [-0.3, -0.25) is 4.79 Å². The van der Waals surface area contributed by atoms with E-state index in [1.54, 1.807) is 13.2 Å². The maximum atomic E-state index is 11.6. The van der Waals surface area contributed by atoms with Crippen molar-refractivity contribution < 1.29 is 9.53 Å². The molecule has 88 valence electrons. The minimum atomic E-state index is 0.231. The first-order valence-corrected chi connectivity index (χ1v) is 5.63. The molecule has 1 heterocycles. The summed E-state index contributed by atoms with van der Waals surface area (Å²) in [4.78, 5) is 19.5. The fourth-order valence-electron chi connectivity index (χ4n) is 1.45. The molecule has 1 aromatic heterocycles. The summed E-state index contributed by atoms with van der Waals surface area (Å²) in [5.41, 5.74) is 0.730. The second-order valence-corrected chi connectivity index (χ2v) is 3.72. The maximum Gasteiger partial charge on any atom is 0.216 e. The second-order valence-electron chi connectivity index (χ2n) is 3.72. The Morgan fingerprint density at radius 3 is 2.88 bits per heavy atom. The van der Waals surface area contributed by atoms with E-state index in [0.29, 0.717) is 18.7 Å². The van der Waals surface area contributed by atoms with Gasteiger partial charge in [0, 0.05) is 18.9 Å². The predicted molar refractivity (Wildman–Crippen MR) is 61.4 cm³/mol. The van der Waals surface area contributed by atoms with Gasteiger partial charge in [-0.1, -0.05) is 19.8 Å². The SMILES string of the molecule is CCCCCC(=O)Cc1cc(OC)ncn1. The number of aromatic nitrogens is 2. The van der Waals surface area contributed by atoms with Gasteiger partial charge in [-0.2, -0.15) is 0 Å². The lowest BCUT2D eigenvalue weighted by Gasteiger charge is -2.02. The van der Waals surface area contributed by atoms with Crippen molar-refractivity contribution in [2.45, 2.75) is 39.0 Å². The van der Waals surface area contributed by atoms with Crippen LogP contribution in [0.3, 0.4) is 0 Å². The molecule has 1 aromatic rings. The molecule has 0 fully saturated rings. The van der Waals surface area contributed by atoms with Crippen molar-refractivity contribution in [1.82, 2.24) is 9.97 Å². The van der Waals surface area contributed by atoms with Gasteiger partial charge in [0.2, 0.25) is 5.88 Å². The molecule has 0 aliphatic heterocycles. The van der Waals surface area contributed by atoms with Gasteiger partial charge < -0.3 is 4.74 Å². The number of methoxy groups -OCH3 is 1. The summed E-state index contributed by atoms with van der Waals surface area (Å²) in [7, 11) is 1.55. The molecule has 0 N–H and O–H groups in total. The Hall–Kier alpha value is -1.45. The number of unbranched alkanes of at least 4 members (excludes halogenated alkanes) is 2. The molecule has 4 heteroatoms. The van der Waals surface area contributed by atoms with Crippen molar-refractivity contribution in [2.75, 3.05) is 7.11 Å². The van der Waals surface area contributed by atoms with Crippen LogP contribution in [0.2, 0.25) is 0 Å². The van der Waals surface area contributed by atoms with Crippen molar-refractivity contribution >= 4 is 5.78 Å². The van der Waals surface area contributed by atoms with Crippen LogP contribution in [0.4, 0.5) is 0 Å². The largest absolute Gasteiger partial charge is 0.481 e. The van der Waals surface area contributed by atoms with E-state index in [-0.39, 0.29) is 5.78 Å². The molecule has 0 aliphatic carbocycles. The van der Waals surface area contributed by atoms with Crippen molar-refractivity contribution in [3.05, 3.63) is 18.1 Å². The summed E-state index contributed by atoms with van der Waals surface area (Å²) in [6.07, 6.45) is 5.65. The summed E-state index contributed by atoms with van der Waals surface area (Å²) in [5.74, 6) is 0.737. The smallest absolute Gasteiger partial charge is 0.216 e. The van der Waals surface area contributed by atoms with Crippen molar-refractivity contribution in [2.24, 2.45) is 0 Å². The molecule has 16 heavy (non-hydrogen) atoms. The highest BCUT2D eigenvalue weighted by Crippen LogP contribution is 2.08. The molecule has 0 amide bonds. The van der Waals surface area contributed by atoms with Gasteiger partial charge in [0.15, 0.2) is 0 Å². The second kappa shape index (κ2) is 6.93. The third-order valence-corrected chi connectivity index (χ3v) is 2.35. The third-order valence-electron chi connectivity index (χ3n) is 2.35. The summed E-state index contributed by atoms with van der Waals surface area (Å²) in [6.45, 7) is 2.12. The van der Waals surface area contributed by atoms with Crippen LogP contribution in [0.5, 0.6) is 5.88 Å². The lowest BCUT2D eigenvalue weighted by Crippen LogP contribution is -2.05. The zero-order chi connectivity index (χ0) is 11.8. The Morgan fingerprint density at radius 1 is 1.38 bits per heavy atom. The fraction of sp³-hybridized carbons (Fsp3) is 0.583. The van der Waals surface area contributed by atoms with Crippen LogP contribution < -0.4 is 4.74 Å². The maximum absolute atomic E-state index is 11.6. The van der Waals surface area contributed by atoms with Gasteiger partial charge in [0.25, 0.3) is 0 Å². The highest BCUT2D eigenvalue weighted by atomic mass is 16.5. The Kier molecular flexibility index (Phi) is 5.46. The van der Waals surface area contributed by atoms with E-state index >= 15 is 0 Å². The molecular formula is C12H18N2O2. The minimum absolute atomic E-state index is 0.231. The van der Waals surface area contributed by atoms with Crippen molar-refractivity contribution in [3.8, 4) is 5.88 Å². The van der Waals surface area contributed by atoms with E-state index in [0.717, 1.165) is 25.0 Å². The number of ether oxygens (including phenoxy) is 1. The van der Waals surface area contributed by atoms with E-state index in [9.17, 15) is 4.79 Å². The number of rotatable bonds is 7. The van der Waals surface area contributed by atoms with E-state index in [1.807, 2.05) is 0 Å². The Bertz CT molecular complexity index is 340. The molecule has 0 bridgehead atoms. The van der Waals surface area contributed by atoms with Crippen molar-refractivity contribution in [3.63, 3.8) is 0 Å². The average Bonchev–Trinajstić information content (AvgIpc) is 2.29. The Morgan fingerprint density at radius 2 is 2.19 bits per heavy atom. The van der Waals surface area contributed by atoms with Crippen LogP contribution in [0.25, 0.3) is 0 Å². The Balaban J connectivity index is 2.43. The fourth-order valence-corrected chi connectivity index (χ4v) is 1.45. The molecule has 0 radical (unpaired) electrons. The van der Waals surface area contributed by atoms with Crippen LogP contribution in [-0.2, 0) is 11.2 Å². The van der Waals surface area contributed by atoms with Gasteiger partial charge in [-0.15, -0.1) is 0 Å². The Labute approximate surface area is 96.1 Å². The van der Waals surface area contributed by atoms with Gasteiger partial charge >= 0.3 is 0 Å². The molecule has 0 atom stereocenters. The number of carbonyl (C=O) groups excluding carboxylic acids is 1. The molecule has 0 aromatic carbocycles. The van der Waals surface area contributed by atoms with E-state index in [4.69, 9.17) is 4.74 Å².